The fourth-order valence-corrected chi connectivity index (χ4v) is 8.20. The first kappa shape index (κ1) is 27.7. The van der Waals surface area contributed by atoms with Crippen LogP contribution in [0.5, 0.6) is 0 Å². The maximum absolute atomic E-state index is 13.8. The molecule has 0 N–H and O–H groups in total. The highest BCUT2D eigenvalue weighted by Gasteiger charge is 2.45. The van der Waals surface area contributed by atoms with E-state index in [4.69, 9.17) is 5.10 Å². The largest absolute Gasteiger partial charge is 0.344 e. The van der Waals surface area contributed by atoms with Gasteiger partial charge in [0.2, 0.25) is 15.9 Å². The Morgan fingerprint density at radius 2 is 1.90 bits per heavy atom. The van der Waals surface area contributed by atoms with Gasteiger partial charge in [0, 0.05) is 56.6 Å². The molecule has 1 amide bonds. The zero-order valence-electron chi connectivity index (χ0n) is 24.0. The first-order valence-electron chi connectivity index (χ1n) is 14.5. The summed E-state index contributed by atoms with van der Waals surface area (Å²) in [6.45, 7) is 6.36. The van der Waals surface area contributed by atoms with Crippen molar-refractivity contribution in [1.82, 2.24) is 28.8 Å². The Kier molecular flexibility index (Phi) is 7.23. The summed E-state index contributed by atoms with van der Waals surface area (Å²) < 4.78 is 33.0. The van der Waals surface area contributed by atoms with Crippen molar-refractivity contribution in [2.45, 2.75) is 68.8 Å². The third-order valence-corrected chi connectivity index (χ3v) is 10.7. The SMILES string of the molecule is CCCn1cc(S(=O)(=O)N2CCC(Cc3ccccc3)(c3cc4cnn(C5CCC(=O)N(C)C5)c4cc3C)C2)cn1. The van der Waals surface area contributed by atoms with E-state index in [1.54, 1.807) is 20.1 Å². The van der Waals surface area contributed by atoms with E-state index in [-0.39, 0.29) is 22.3 Å². The van der Waals surface area contributed by atoms with E-state index in [9.17, 15) is 13.2 Å². The van der Waals surface area contributed by atoms with Crippen molar-refractivity contribution in [1.29, 1.82) is 0 Å². The van der Waals surface area contributed by atoms with Crippen LogP contribution >= 0.6 is 0 Å². The van der Waals surface area contributed by atoms with E-state index in [0.29, 0.717) is 32.6 Å². The molecule has 216 valence electrons. The van der Waals surface area contributed by atoms with Crippen LogP contribution in [0.1, 0.15) is 55.3 Å². The lowest BCUT2D eigenvalue weighted by atomic mass is 9.73. The monoisotopic (exact) mass is 574 g/mol. The topological polar surface area (TPSA) is 93.3 Å². The zero-order valence-corrected chi connectivity index (χ0v) is 24.8. The molecule has 4 heterocycles. The van der Waals surface area contributed by atoms with Gasteiger partial charge in [0.25, 0.3) is 0 Å². The number of piperidine rings is 1. The van der Waals surface area contributed by atoms with E-state index in [1.807, 2.05) is 38.4 Å². The number of aryl methyl sites for hydroxylation is 2. The van der Waals surface area contributed by atoms with Gasteiger partial charge < -0.3 is 4.90 Å². The maximum atomic E-state index is 13.8. The van der Waals surface area contributed by atoms with E-state index < -0.39 is 10.0 Å². The molecular formula is C31H38N6O3S. The minimum absolute atomic E-state index is 0.138. The number of hydrogen-bond donors (Lipinski definition) is 0. The van der Waals surface area contributed by atoms with Crippen LogP contribution in [0.3, 0.4) is 0 Å². The number of nitrogens with zero attached hydrogens (tertiary/aromatic N) is 6. The van der Waals surface area contributed by atoms with Gasteiger partial charge in [-0.25, -0.2) is 8.42 Å². The molecule has 0 aliphatic carbocycles. The highest BCUT2D eigenvalue weighted by Crippen LogP contribution is 2.43. The molecule has 2 aliphatic heterocycles. The predicted octanol–water partition coefficient (Wildman–Crippen LogP) is 4.32. The number of amides is 1. The number of hydrogen-bond acceptors (Lipinski definition) is 5. The molecule has 6 rings (SSSR count). The molecule has 10 heteroatoms. The summed E-state index contributed by atoms with van der Waals surface area (Å²) in [4.78, 5) is 14.1. The van der Waals surface area contributed by atoms with Crippen molar-refractivity contribution in [3.63, 3.8) is 0 Å². The van der Waals surface area contributed by atoms with Gasteiger partial charge in [-0.1, -0.05) is 37.3 Å². The van der Waals surface area contributed by atoms with Gasteiger partial charge in [0.1, 0.15) is 4.90 Å². The average molecular weight is 575 g/mol. The number of benzene rings is 2. The van der Waals surface area contributed by atoms with Crippen molar-refractivity contribution >= 4 is 26.8 Å². The summed E-state index contributed by atoms with van der Waals surface area (Å²) in [5, 5.41) is 10.1. The van der Waals surface area contributed by atoms with Gasteiger partial charge in [-0.05, 0) is 61.4 Å². The lowest BCUT2D eigenvalue weighted by Crippen LogP contribution is -2.38. The highest BCUT2D eigenvalue weighted by molar-refractivity contribution is 7.89. The third-order valence-electron chi connectivity index (χ3n) is 8.86. The quantitative estimate of drug-likeness (QED) is 0.313. The molecule has 2 aliphatic rings. The molecule has 41 heavy (non-hydrogen) atoms. The minimum Gasteiger partial charge on any atom is -0.344 e. The number of fused-ring (bicyclic) bond motifs is 1. The van der Waals surface area contributed by atoms with Crippen LogP contribution in [-0.2, 0) is 33.2 Å². The molecule has 2 aromatic heterocycles. The number of likely N-dealkylation sites (N-methyl/N-ethyl adjacent to an activating group) is 1. The molecule has 0 bridgehead atoms. The van der Waals surface area contributed by atoms with Gasteiger partial charge in [0.15, 0.2) is 0 Å². The summed E-state index contributed by atoms with van der Waals surface area (Å²) in [7, 11) is -1.83. The Bertz CT molecular complexity index is 1680. The summed E-state index contributed by atoms with van der Waals surface area (Å²) in [6, 6.07) is 14.9. The van der Waals surface area contributed by atoms with Crippen LogP contribution in [0.25, 0.3) is 10.9 Å². The molecule has 9 nitrogen and oxygen atoms in total. The summed E-state index contributed by atoms with van der Waals surface area (Å²) in [5.74, 6) is 0.178. The van der Waals surface area contributed by atoms with Crippen molar-refractivity contribution < 1.29 is 13.2 Å². The molecule has 0 saturated carbocycles. The second kappa shape index (κ2) is 10.7. The third kappa shape index (κ3) is 5.08. The average Bonchev–Trinajstić information content (AvgIpc) is 3.70. The normalized spacial score (nSPS) is 22.2. The highest BCUT2D eigenvalue weighted by atomic mass is 32.2. The summed E-state index contributed by atoms with van der Waals surface area (Å²) in [6.07, 6.45) is 8.70. The van der Waals surface area contributed by atoms with Gasteiger partial charge in [-0.2, -0.15) is 14.5 Å². The fraction of sp³-hybridized carbons (Fsp3) is 0.452. The zero-order chi connectivity index (χ0) is 28.8. The summed E-state index contributed by atoms with van der Waals surface area (Å²) >= 11 is 0. The van der Waals surface area contributed by atoms with Crippen LogP contribution in [0.4, 0.5) is 0 Å². The smallest absolute Gasteiger partial charge is 0.246 e. The number of rotatable bonds is 8. The first-order valence-corrected chi connectivity index (χ1v) is 15.9. The first-order chi connectivity index (χ1) is 19.7. The lowest BCUT2D eigenvalue weighted by Gasteiger charge is -2.32. The van der Waals surface area contributed by atoms with Crippen LogP contribution < -0.4 is 0 Å². The van der Waals surface area contributed by atoms with Gasteiger partial charge in [-0.15, -0.1) is 0 Å². The van der Waals surface area contributed by atoms with Gasteiger partial charge in [-0.3, -0.25) is 14.2 Å². The van der Waals surface area contributed by atoms with Gasteiger partial charge >= 0.3 is 0 Å². The molecule has 4 aromatic rings. The Morgan fingerprint density at radius 3 is 2.66 bits per heavy atom. The molecule has 2 unspecified atom stereocenters. The number of aromatic nitrogens is 4. The molecule has 2 fully saturated rings. The Balaban J connectivity index is 1.37. The van der Waals surface area contributed by atoms with Crippen molar-refractivity contribution in [3.05, 3.63) is 77.7 Å². The van der Waals surface area contributed by atoms with Gasteiger partial charge in [0.05, 0.1) is 24.0 Å². The van der Waals surface area contributed by atoms with Crippen LogP contribution in [0, 0.1) is 6.92 Å². The second-order valence-corrected chi connectivity index (χ2v) is 13.7. The number of carbonyl (C=O) groups is 1. The van der Waals surface area contributed by atoms with Crippen LogP contribution in [-0.4, -0.2) is 69.8 Å². The Morgan fingerprint density at radius 1 is 1.10 bits per heavy atom. The molecule has 2 saturated heterocycles. The Labute approximate surface area is 241 Å². The predicted molar refractivity (Wildman–Crippen MR) is 158 cm³/mol. The maximum Gasteiger partial charge on any atom is 0.246 e. The molecule has 2 aromatic carbocycles. The van der Waals surface area contributed by atoms with E-state index >= 15 is 0 Å². The standard InChI is InChI=1S/C31H38N6O3S/c1-4-13-35-21-27(19-32-35)41(39,40)36-14-12-31(22-36,17-24-8-6-5-7-9-24)28-16-25-18-33-37(29(25)15-23(28)2)26-10-11-30(38)34(3)20-26/h5-9,15-16,18-19,21,26H,4,10-14,17,20,22H2,1-3H3. The second-order valence-electron chi connectivity index (χ2n) is 11.8. The molecule has 0 spiro atoms. The van der Waals surface area contributed by atoms with E-state index in [0.717, 1.165) is 42.1 Å². The Hall–Kier alpha value is -3.50. The molecule has 0 radical (unpaired) electrons. The van der Waals surface area contributed by atoms with Crippen molar-refractivity contribution in [2.24, 2.45) is 0 Å². The fourth-order valence-electron chi connectivity index (χ4n) is 6.71. The van der Waals surface area contributed by atoms with Crippen molar-refractivity contribution in [2.75, 3.05) is 26.7 Å². The van der Waals surface area contributed by atoms with Crippen LogP contribution in [0.2, 0.25) is 0 Å². The summed E-state index contributed by atoms with van der Waals surface area (Å²) in [5.41, 5.74) is 4.16. The lowest BCUT2D eigenvalue weighted by molar-refractivity contribution is -0.133. The number of sulfonamides is 1. The van der Waals surface area contributed by atoms with E-state index in [2.05, 4.69) is 41.0 Å². The minimum atomic E-state index is -3.68. The van der Waals surface area contributed by atoms with Crippen molar-refractivity contribution in [3.8, 4) is 0 Å². The molecular weight excluding hydrogens is 536 g/mol. The molecule has 2 atom stereocenters. The van der Waals surface area contributed by atoms with Crippen LogP contribution in [0.15, 0.2) is 66.0 Å². The number of likely N-dealkylation sites (tertiary alicyclic amines) is 1. The number of carbonyl (C=O) groups excluding carboxylic acids is 1. The van der Waals surface area contributed by atoms with E-state index in [1.165, 1.54) is 17.3 Å².